The van der Waals surface area contributed by atoms with Crippen molar-refractivity contribution < 1.29 is 22.0 Å². The molecule has 1 N–H and O–H groups in total. The number of sulfonamides is 1. The molecule has 170 valence electrons. The molecular formula is C22H24FN3O5S. The number of fused-ring (bicyclic) bond motifs is 1. The minimum atomic E-state index is -3.74. The van der Waals surface area contributed by atoms with Crippen LogP contribution in [0.2, 0.25) is 0 Å². The number of nitrogens with one attached hydrogen (secondary N) is 1. The Bertz CT molecular complexity index is 1320. The topological polar surface area (TPSA) is 102 Å². The largest absolute Gasteiger partial charge is 0.420 e. The van der Waals surface area contributed by atoms with Crippen LogP contribution in [-0.2, 0) is 21.4 Å². The van der Waals surface area contributed by atoms with Gasteiger partial charge in [-0.05, 0) is 48.6 Å². The molecule has 0 spiro atoms. The monoisotopic (exact) mass is 461 g/mol. The van der Waals surface area contributed by atoms with Gasteiger partial charge in [0, 0.05) is 24.8 Å². The molecule has 1 aliphatic heterocycles. The Labute approximate surface area is 184 Å². The summed E-state index contributed by atoms with van der Waals surface area (Å²) in [6.07, 6.45) is 0.973. The van der Waals surface area contributed by atoms with Gasteiger partial charge in [-0.1, -0.05) is 19.9 Å². The fourth-order valence-corrected chi connectivity index (χ4v) is 5.91. The molecule has 1 aromatic heterocycles. The Morgan fingerprint density at radius 2 is 1.88 bits per heavy atom. The van der Waals surface area contributed by atoms with Crippen LogP contribution < -0.4 is 11.1 Å². The van der Waals surface area contributed by atoms with Crippen LogP contribution in [0.3, 0.4) is 0 Å². The van der Waals surface area contributed by atoms with Gasteiger partial charge in [-0.2, -0.15) is 4.31 Å². The summed E-state index contributed by atoms with van der Waals surface area (Å²) in [5.74, 6) is -1.32. The molecule has 0 bridgehead atoms. The molecule has 1 amide bonds. The highest BCUT2D eigenvalue weighted by atomic mass is 32.2. The second-order valence-electron chi connectivity index (χ2n) is 8.41. The Morgan fingerprint density at radius 3 is 2.56 bits per heavy atom. The van der Waals surface area contributed by atoms with Crippen LogP contribution in [0, 0.1) is 17.7 Å². The van der Waals surface area contributed by atoms with Crippen LogP contribution in [0.5, 0.6) is 0 Å². The molecule has 2 heterocycles. The lowest BCUT2D eigenvalue weighted by Gasteiger charge is -2.34. The Hall–Kier alpha value is -2.98. The second kappa shape index (κ2) is 8.51. The van der Waals surface area contributed by atoms with E-state index in [9.17, 15) is 22.4 Å². The van der Waals surface area contributed by atoms with Crippen molar-refractivity contribution in [3.05, 3.63) is 58.8 Å². The van der Waals surface area contributed by atoms with E-state index >= 15 is 0 Å². The van der Waals surface area contributed by atoms with Crippen molar-refractivity contribution in [2.24, 2.45) is 11.8 Å². The van der Waals surface area contributed by atoms with Crippen LogP contribution in [0.1, 0.15) is 20.3 Å². The number of carbonyl (C=O) groups is 1. The van der Waals surface area contributed by atoms with E-state index in [4.69, 9.17) is 4.42 Å². The van der Waals surface area contributed by atoms with Crippen LogP contribution in [0.15, 0.2) is 56.6 Å². The minimum Gasteiger partial charge on any atom is -0.408 e. The summed E-state index contributed by atoms with van der Waals surface area (Å²) in [5, 5.41) is 2.52. The summed E-state index contributed by atoms with van der Waals surface area (Å²) in [5.41, 5.74) is 0.630. The van der Waals surface area contributed by atoms with Crippen molar-refractivity contribution in [3.63, 3.8) is 0 Å². The van der Waals surface area contributed by atoms with Gasteiger partial charge in [0.15, 0.2) is 5.58 Å². The number of carbonyl (C=O) groups excluding carboxylic acids is 1. The van der Waals surface area contributed by atoms with E-state index in [-0.39, 0.29) is 34.5 Å². The number of hydrogen-bond acceptors (Lipinski definition) is 5. The number of aromatic nitrogens is 1. The van der Waals surface area contributed by atoms with E-state index in [2.05, 4.69) is 5.32 Å². The number of halogens is 1. The molecule has 2 aromatic carbocycles. The van der Waals surface area contributed by atoms with Crippen molar-refractivity contribution >= 4 is 32.7 Å². The Morgan fingerprint density at radius 1 is 1.16 bits per heavy atom. The molecule has 4 rings (SSSR count). The normalized spacial score (nSPS) is 19.8. The maximum Gasteiger partial charge on any atom is 0.420 e. The van der Waals surface area contributed by atoms with Gasteiger partial charge >= 0.3 is 5.76 Å². The summed E-state index contributed by atoms with van der Waals surface area (Å²) in [6.45, 7) is 4.56. The molecule has 0 aliphatic carbocycles. The third-order valence-electron chi connectivity index (χ3n) is 5.52. The first-order valence-electron chi connectivity index (χ1n) is 10.3. The van der Waals surface area contributed by atoms with Crippen molar-refractivity contribution in [1.29, 1.82) is 0 Å². The fourth-order valence-electron chi connectivity index (χ4n) is 4.22. The highest BCUT2D eigenvalue weighted by Gasteiger charge is 2.32. The summed E-state index contributed by atoms with van der Waals surface area (Å²) in [4.78, 5) is 24.7. The predicted molar refractivity (Wildman–Crippen MR) is 117 cm³/mol. The van der Waals surface area contributed by atoms with Crippen LogP contribution in [0.4, 0.5) is 10.1 Å². The lowest BCUT2D eigenvalue weighted by molar-refractivity contribution is -0.116. The summed E-state index contributed by atoms with van der Waals surface area (Å²) in [6, 6.07) is 9.58. The molecule has 1 aliphatic rings. The first-order valence-corrected chi connectivity index (χ1v) is 11.8. The molecule has 0 unspecified atom stereocenters. The van der Waals surface area contributed by atoms with Gasteiger partial charge in [0.25, 0.3) is 0 Å². The zero-order chi connectivity index (χ0) is 23.0. The van der Waals surface area contributed by atoms with Gasteiger partial charge in [0.2, 0.25) is 15.9 Å². The molecule has 1 fully saturated rings. The van der Waals surface area contributed by atoms with E-state index < -0.39 is 27.5 Å². The van der Waals surface area contributed by atoms with Gasteiger partial charge in [0.1, 0.15) is 12.4 Å². The van der Waals surface area contributed by atoms with E-state index in [1.54, 1.807) is 0 Å². The molecule has 32 heavy (non-hydrogen) atoms. The maximum atomic E-state index is 13.3. The van der Waals surface area contributed by atoms with Gasteiger partial charge in [0.05, 0.1) is 10.4 Å². The van der Waals surface area contributed by atoms with E-state index in [1.807, 2.05) is 13.8 Å². The predicted octanol–water partition coefficient (Wildman–Crippen LogP) is 3.04. The molecule has 1 saturated heterocycles. The number of oxazole rings is 1. The number of piperidine rings is 1. The summed E-state index contributed by atoms with van der Waals surface area (Å²) >= 11 is 0. The minimum absolute atomic E-state index is 0.0383. The molecular weight excluding hydrogens is 437 g/mol. The highest BCUT2D eigenvalue weighted by molar-refractivity contribution is 7.89. The third kappa shape index (κ3) is 4.46. The van der Waals surface area contributed by atoms with Crippen molar-refractivity contribution in [2.75, 3.05) is 18.4 Å². The fraction of sp³-hybridized carbons (Fsp3) is 0.364. The van der Waals surface area contributed by atoms with Gasteiger partial charge in [-0.25, -0.2) is 17.6 Å². The van der Waals surface area contributed by atoms with Crippen molar-refractivity contribution in [1.82, 2.24) is 8.87 Å². The number of hydrogen-bond donors (Lipinski definition) is 1. The van der Waals surface area contributed by atoms with E-state index in [0.29, 0.717) is 18.6 Å². The number of nitrogens with zero attached hydrogens (tertiary/aromatic N) is 2. The highest BCUT2D eigenvalue weighted by Crippen LogP contribution is 2.28. The Kier molecular flexibility index (Phi) is 5.91. The average Bonchev–Trinajstić information content (AvgIpc) is 3.01. The molecule has 2 atom stereocenters. The van der Waals surface area contributed by atoms with Gasteiger partial charge in [-0.3, -0.25) is 9.36 Å². The lowest BCUT2D eigenvalue weighted by Crippen LogP contribution is -2.42. The quantitative estimate of drug-likeness (QED) is 0.629. The zero-order valence-corrected chi connectivity index (χ0v) is 18.6. The smallest absolute Gasteiger partial charge is 0.408 e. The Balaban J connectivity index is 1.59. The molecule has 10 heteroatoms. The first kappa shape index (κ1) is 22.2. The molecule has 3 aromatic rings. The second-order valence-corrected chi connectivity index (χ2v) is 10.3. The molecule has 0 saturated carbocycles. The maximum absolute atomic E-state index is 13.3. The van der Waals surface area contributed by atoms with Crippen molar-refractivity contribution in [3.8, 4) is 0 Å². The summed E-state index contributed by atoms with van der Waals surface area (Å²) in [7, 11) is -3.74. The van der Waals surface area contributed by atoms with Crippen LogP contribution in [0.25, 0.3) is 11.1 Å². The van der Waals surface area contributed by atoms with E-state index in [1.165, 1.54) is 40.7 Å². The van der Waals surface area contributed by atoms with Crippen molar-refractivity contribution in [2.45, 2.75) is 31.7 Å². The zero-order valence-electron chi connectivity index (χ0n) is 17.7. The average molecular weight is 462 g/mol. The molecule has 8 nitrogen and oxygen atoms in total. The number of benzene rings is 2. The van der Waals surface area contributed by atoms with Gasteiger partial charge < -0.3 is 9.73 Å². The lowest BCUT2D eigenvalue weighted by atomic mass is 9.94. The molecule has 0 radical (unpaired) electrons. The summed E-state index contributed by atoms with van der Waals surface area (Å²) < 4.78 is 47.3. The van der Waals surface area contributed by atoms with Gasteiger partial charge in [-0.15, -0.1) is 0 Å². The van der Waals surface area contributed by atoms with Crippen LogP contribution in [-0.4, -0.2) is 36.3 Å². The first-order chi connectivity index (χ1) is 15.1. The SMILES string of the molecule is C[C@H]1C[C@H](C)CN(S(=O)(=O)c2ccc3c(c2)oc(=O)n3CC(=O)Nc2cccc(F)c2)C1. The number of amides is 1. The standard InChI is InChI=1S/C22H24FN3O5S/c1-14-8-15(2)12-25(11-14)32(29,30)18-6-7-19-20(10-18)31-22(28)26(19)13-21(27)24-17-5-3-4-16(23)9-17/h3-7,9-10,14-15H,8,11-13H2,1-2H3,(H,24,27)/t14-,15-/m0/s1. The number of anilines is 1. The number of rotatable bonds is 5. The van der Waals surface area contributed by atoms with E-state index in [0.717, 1.165) is 17.1 Å². The van der Waals surface area contributed by atoms with Crippen LogP contribution >= 0.6 is 0 Å². The third-order valence-corrected chi connectivity index (χ3v) is 7.35.